The second-order valence-corrected chi connectivity index (χ2v) is 5.52. The molecule has 1 aliphatic rings. The monoisotopic (exact) mass is 270 g/mol. The summed E-state index contributed by atoms with van der Waals surface area (Å²) in [5, 5.41) is 3.48. The van der Waals surface area contributed by atoms with Crippen molar-refractivity contribution >= 4 is 6.09 Å². The van der Waals surface area contributed by atoms with E-state index >= 15 is 0 Å². The summed E-state index contributed by atoms with van der Waals surface area (Å²) in [4.78, 5) is 16.3. The van der Waals surface area contributed by atoms with Gasteiger partial charge >= 0.3 is 6.09 Å². The molecule has 1 fully saturated rings. The minimum atomic E-state index is -0.480. The molecule has 1 amide bonds. The minimum absolute atomic E-state index is 0.00448. The van der Waals surface area contributed by atoms with E-state index in [2.05, 4.69) is 10.0 Å². The first-order chi connectivity index (χ1) is 8.92. The van der Waals surface area contributed by atoms with Gasteiger partial charge in [0.05, 0.1) is 19.3 Å². The van der Waals surface area contributed by atoms with E-state index in [1.807, 2.05) is 20.8 Å². The van der Waals surface area contributed by atoms with E-state index < -0.39 is 5.60 Å². The largest absolute Gasteiger partial charge is 0.444 e. The van der Waals surface area contributed by atoms with Gasteiger partial charge in [-0.05, 0) is 39.1 Å². The van der Waals surface area contributed by atoms with E-state index in [1.165, 1.54) is 0 Å². The molecule has 0 aliphatic carbocycles. The van der Waals surface area contributed by atoms with Crippen LogP contribution in [0.2, 0.25) is 0 Å². The van der Waals surface area contributed by atoms with E-state index in [1.54, 1.807) is 4.90 Å². The molecule has 0 aromatic rings. The summed E-state index contributed by atoms with van der Waals surface area (Å²) in [6, 6.07) is 0. The lowest BCUT2D eigenvalue weighted by Crippen LogP contribution is -2.47. The molecule has 7 heteroatoms. The maximum atomic E-state index is 11.9. The number of azide groups is 1. The third-order valence-corrected chi connectivity index (χ3v) is 2.64. The highest BCUT2D eigenvalue weighted by molar-refractivity contribution is 5.68. The van der Waals surface area contributed by atoms with Gasteiger partial charge in [-0.1, -0.05) is 5.11 Å². The predicted octanol–water partition coefficient (Wildman–Crippen LogP) is 2.71. The number of amides is 1. The van der Waals surface area contributed by atoms with E-state index in [0.717, 1.165) is 12.8 Å². The van der Waals surface area contributed by atoms with Crippen LogP contribution >= 0.6 is 0 Å². The summed E-state index contributed by atoms with van der Waals surface area (Å²) in [7, 11) is 0. The van der Waals surface area contributed by atoms with E-state index in [-0.39, 0.29) is 12.2 Å². The quantitative estimate of drug-likeness (QED) is 0.340. The molecule has 1 rings (SSSR count). The van der Waals surface area contributed by atoms with Crippen molar-refractivity contribution in [3.05, 3.63) is 10.4 Å². The fourth-order valence-electron chi connectivity index (χ4n) is 1.82. The molecule has 108 valence electrons. The molecule has 7 nitrogen and oxygen atoms in total. The Morgan fingerprint density at radius 3 is 2.95 bits per heavy atom. The highest BCUT2D eigenvalue weighted by Crippen LogP contribution is 2.15. The van der Waals surface area contributed by atoms with Crippen molar-refractivity contribution in [1.82, 2.24) is 4.90 Å². The molecule has 0 radical (unpaired) electrons. The van der Waals surface area contributed by atoms with Gasteiger partial charge in [0, 0.05) is 18.0 Å². The van der Waals surface area contributed by atoms with E-state index in [9.17, 15) is 4.79 Å². The summed E-state index contributed by atoms with van der Waals surface area (Å²) in [6.45, 7) is 7.62. The Morgan fingerprint density at radius 1 is 1.58 bits per heavy atom. The molecule has 0 saturated carbocycles. The van der Waals surface area contributed by atoms with Gasteiger partial charge in [-0.15, -0.1) is 0 Å². The van der Waals surface area contributed by atoms with Crippen molar-refractivity contribution < 1.29 is 14.3 Å². The van der Waals surface area contributed by atoms with Gasteiger partial charge in [0.1, 0.15) is 5.60 Å². The Morgan fingerprint density at radius 2 is 2.32 bits per heavy atom. The number of hydrogen-bond acceptors (Lipinski definition) is 4. The van der Waals surface area contributed by atoms with Gasteiger partial charge in [-0.3, -0.25) is 0 Å². The van der Waals surface area contributed by atoms with Gasteiger partial charge in [-0.25, -0.2) is 4.79 Å². The number of hydrogen-bond donors (Lipinski definition) is 0. The SMILES string of the molecule is CC(C)(C)OC(=O)N1CCOC(CCCN=[N+]=[N-])C1. The van der Waals surface area contributed by atoms with Gasteiger partial charge in [-0.2, -0.15) is 0 Å². The Bertz CT molecular complexity index is 347. The van der Waals surface area contributed by atoms with Crippen LogP contribution in [0.15, 0.2) is 5.11 Å². The van der Waals surface area contributed by atoms with Crippen molar-refractivity contribution in [1.29, 1.82) is 0 Å². The summed E-state index contributed by atoms with van der Waals surface area (Å²) in [6.07, 6.45) is 1.24. The highest BCUT2D eigenvalue weighted by Gasteiger charge is 2.27. The van der Waals surface area contributed by atoms with Crippen molar-refractivity contribution in [3.63, 3.8) is 0 Å². The Balaban J connectivity index is 2.37. The van der Waals surface area contributed by atoms with Crippen LogP contribution in [-0.4, -0.2) is 48.9 Å². The summed E-state index contributed by atoms with van der Waals surface area (Å²) in [5.74, 6) is 0. The maximum absolute atomic E-state index is 11.9. The molecule has 19 heavy (non-hydrogen) atoms. The van der Waals surface area contributed by atoms with Gasteiger partial charge in [0.15, 0.2) is 0 Å². The fraction of sp³-hybridized carbons (Fsp3) is 0.917. The van der Waals surface area contributed by atoms with Crippen molar-refractivity contribution in [2.75, 3.05) is 26.2 Å². The normalized spacial score (nSPS) is 19.7. The predicted molar refractivity (Wildman–Crippen MR) is 70.8 cm³/mol. The molecule has 1 atom stereocenters. The molecule has 0 N–H and O–H groups in total. The number of rotatable bonds is 4. The average molecular weight is 270 g/mol. The molecule has 0 bridgehead atoms. The molecule has 0 aromatic heterocycles. The molecule has 1 saturated heterocycles. The molecule has 0 aromatic carbocycles. The number of carbonyl (C=O) groups is 1. The topological polar surface area (TPSA) is 87.5 Å². The van der Waals surface area contributed by atoms with Crippen molar-refractivity contribution in [3.8, 4) is 0 Å². The first-order valence-electron chi connectivity index (χ1n) is 6.53. The third kappa shape index (κ3) is 6.31. The van der Waals surface area contributed by atoms with E-state index in [0.29, 0.717) is 26.2 Å². The van der Waals surface area contributed by atoms with Crippen LogP contribution in [0.1, 0.15) is 33.6 Å². The van der Waals surface area contributed by atoms with Crippen LogP contribution < -0.4 is 0 Å². The number of nitrogens with zero attached hydrogens (tertiary/aromatic N) is 4. The Labute approximate surface area is 113 Å². The smallest absolute Gasteiger partial charge is 0.410 e. The van der Waals surface area contributed by atoms with Crippen LogP contribution in [-0.2, 0) is 9.47 Å². The Kier molecular flexibility index (Phi) is 5.92. The average Bonchev–Trinajstić information content (AvgIpc) is 2.33. The molecule has 1 unspecified atom stereocenters. The lowest BCUT2D eigenvalue weighted by molar-refractivity contribution is -0.0447. The third-order valence-electron chi connectivity index (χ3n) is 2.64. The summed E-state index contributed by atoms with van der Waals surface area (Å²) >= 11 is 0. The van der Waals surface area contributed by atoms with Gasteiger partial charge in [0.25, 0.3) is 0 Å². The number of morpholine rings is 1. The zero-order chi connectivity index (χ0) is 14.3. The van der Waals surface area contributed by atoms with Crippen LogP contribution in [0, 0.1) is 0 Å². The lowest BCUT2D eigenvalue weighted by Gasteiger charge is -2.34. The number of ether oxygens (including phenoxy) is 2. The lowest BCUT2D eigenvalue weighted by atomic mass is 10.1. The van der Waals surface area contributed by atoms with Crippen molar-refractivity contribution in [2.45, 2.75) is 45.3 Å². The second kappa shape index (κ2) is 7.21. The summed E-state index contributed by atoms with van der Waals surface area (Å²) in [5.41, 5.74) is 7.70. The molecular formula is C12H22N4O3. The summed E-state index contributed by atoms with van der Waals surface area (Å²) < 4.78 is 10.9. The van der Waals surface area contributed by atoms with Crippen molar-refractivity contribution in [2.24, 2.45) is 5.11 Å². The van der Waals surface area contributed by atoms with E-state index in [4.69, 9.17) is 15.0 Å². The fourth-order valence-corrected chi connectivity index (χ4v) is 1.82. The first-order valence-corrected chi connectivity index (χ1v) is 6.53. The zero-order valence-corrected chi connectivity index (χ0v) is 11.8. The van der Waals surface area contributed by atoms with Crippen LogP contribution in [0.4, 0.5) is 4.79 Å². The second-order valence-electron chi connectivity index (χ2n) is 5.52. The Hall–Kier alpha value is -1.46. The van der Waals surface area contributed by atoms with Crippen LogP contribution in [0.25, 0.3) is 10.4 Å². The standard InChI is InChI=1S/C12H22N4O3/c1-12(2,3)19-11(17)16-7-8-18-10(9-16)5-4-6-14-15-13/h10H,4-9H2,1-3H3. The zero-order valence-electron chi connectivity index (χ0n) is 11.8. The van der Waals surface area contributed by atoms with Gasteiger partial charge in [0.2, 0.25) is 0 Å². The molecule has 1 aliphatic heterocycles. The maximum Gasteiger partial charge on any atom is 0.410 e. The number of carbonyl (C=O) groups excluding carboxylic acids is 1. The van der Waals surface area contributed by atoms with Gasteiger partial charge < -0.3 is 14.4 Å². The molecule has 1 heterocycles. The first kappa shape index (κ1) is 15.6. The van der Waals surface area contributed by atoms with Crippen LogP contribution in [0.5, 0.6) is 0 Å². The molecule has 0 spiro atoms. The minimum Gasteiger partial charge on any atom is -0.444 e. The van der Waals surface area contributed by atoms with Crippen LogP contribution in [0.3, 0.4) is 0 Å². The molecular weight excluding hydrogens is 248 g/mol. The highest BCUT2D eigenvalue weighted by atomic mass is 16.6.